The second-order valence-corrected chi connectivity index (χ2v) is 26.4. The van der Waals surface area contributed by atoms with E-state index in [1.807, 2.05) is 52.0 Å². The van der Waals surface area contributed by atoms with Crippen molar-refractivity contribution in [2.45, 2.75) is 259 Å². The van der Waals surface area contributed by atoms with Gasteiger partial charge in [0.2, 0.25) is 41.4 Å². The summed E-state index contributed by atoms with van der Waals surface area (Å²) in [6, 6.07) is 4.69. The fourth-order valence-electron chi connectivity index (χ4n) is 10.1. The molecule has 7 amide bonds. The molecule has 0 saturated heterocycles. The lowest BCUT2D eigenvalue weighted by Crippen LogP contribution is -2.61. The Morgan fingerprint density at radius 1 is 0.505 bits per heavy atom. The molecule has 0 saturated carbocycles. The molecule has 1 unspecified atom stereocenters. The summed E-state index contributed by atoms with van der Waals surface area (Å²) in [5, 5.41) is 28.7. The van der Waals surface area contributed by atoms with Crippen molar-refractivity contribution < 1.29 is 72.0 Å². The minimum atomic E-state index is -1.66. The zero-order chi connectivity index (χ0) is 68.5. The molecule has 0 aromatic heterocycles. The summed E-state index contributed by atoms with van der Waals surface area (Å²) < 4.78 is 21.8. The van der Waals surface area contributed by atoms with Gasteiger partial charge < -0.3 is 67.0 Å². The van der Waals surface area contributed by atoms with Crippen LogP contribution < -0.4 is 52.4 Å². The maximum atomic E-state index is 14.4. The molecule has 0 radical (unpaired) electrons. The first kappa shape index (κ1) is 79.8. The Morgan fingerprint density at radius 2 is 0.923 bits per heavy atom. The van der Waals surface area contributed by atoms with Crippen LogP contribution in [0.5, 0.6) is 11.5 Å². The Balaban J connectivity index is 2.29. The van der Waals surface area contributed by atoms with Crippen molar-refractivity contribution >= 4 is 59.3 Å². The van der Waals surface area contributed by atoms with Gasteiger partial charge in [-0.3, -0.25) is 43.2 Å². The predicted octanol–water partition coefficient (Wildman–Crippen LogP) is 7.78. The van der Waals surface area contributed by atoms with Crippen molar-refractivity contribution in [1.29, 1.82) is 0 Å². The molecule has 2 aromatic rings. The van der Waals surface area contributed by atoms with Crippen LogP contribution >= 0.6 is 0 Å². The highest BCUT2D eigenvalue weighted by Crippen LogP contribution is 2.27. The highest BCUT2D eigenvalue weighted by Gasteiger charge is 2.37. The Labute approximate surface area is 540 Å². The molecule has 0 bridgehead atoms. The molecule has 91 heavy (non-hydrogen) atoms. The minimum Gasteiger partial charge on any atom is -0.497 e. The van der Waals surface area contributed by atoms with Crippen LogP contribution in [0.2, 0.25) is 0 Å². The van der Waals surface area contributed by atoms with Crippen molar-refractivity contribution in [3.8, 4) is 11.5 Å². The molecular weight excluding hydrogens is 1170 g/mol. The van der Waals surface area contributed by atoms with Crippen molar-refractivity contribution in [1.82, 2.24) is 37.2 Å². The van der Waals surface area contributed by atoms with Crippen LogP contribution in [-0.2, 0) is 57.4 Å². The van der Waals surface area contributed by atoms with E-state index in [4.69, 9.17) is 24.7 Å². The summed E-state index contributed by atoms with van der Waals surface area (Å²) in [4.78, 5) is 137. The Morgan fingerprint density at radius 3 is 1.35 bits per heavy atom. The molecule has 512 valence electrons. The number of esters is 2. The summed E-state index contributed by atoms with van der Waals surface area (Å²) >= 11 is 0. The summed E-state index contributed by atoms with van der Waals surface area (Å²) in [6.07, 6.45) is 7.79. The number of nitrogens with two attached hydrogens (primary N) is 1. The highest BCUT2D eigenvalue weighted by atomic mass is 16.6. The smallest absolute Gasteiger partial charge is 0.328 e. The number of amides is 7. The first-order chi connectivity index (χ1) is 42.8. The summed E-state index contributed by atoms with van der Waals surface area (Å²) in [5.41, 5.74) is 6.93. The molecule has 23 nitrogen and oxygen atoms in total. The standard InChI is InChI=1S/C68H110N8O15/c1-16-17-18-19-20-21-22-23-24-25-50(39-57(78)79)90-67(87)45(10)70-62(82)52(36-41(2)3)72-64(84)55(40-58(80)91-68(11,12)13)74-66(86)59(44(8)9)76-65(85)54(38-43(6)7)73-63(83)53(37-42(4)5)71-61(81)51(69)34-35-56(77)75-60(46-26-30-48(88-14)31-27-46)47-28-32-49(89-15)33-29-47/h26-33,41-45,50-55,59-60H,16-25,34-40,69H2,1-15H3,(H,70,82)(H,71,81)(H,72,84)(H,73,83)(H,74,86)(H,75,77)(H,76,85)(H,78,79)/t45-,50?,51-,52+,53-,54+,55-,59-/m0/s1. The molecular formula is C68H110N8O15. The fraction of sp³-hybridized carbons (Fsp3) is 0.676. The van der Waals surface area contributed by atoms with E-state index in [-0.39, 0.29) is 55.8 Å². The fourth-order valence-corrected chi connectivity index (χ4v) is 10.1. The molecule has 2 rings (SSSR count). The number of aliphatic carboxylic acids is 1. The van der Waals surface area contributed by atoms with E-state index in [1.165, 1.54) is 32.6 Å². The highest BCUT2D eigenvalue weighted by molar-refractivity contribution is 5.98. The number of carboxylic acids is 1. The number of carbonyl (C=O) groups excluding carboxylic acids is 9. The zero-order valence-electron chi connectivity index (χ0n) is 56.9. The van der Waals surface area contributed by atoms with Gasteiger partial charge in [-0.2, -0.15) is 0 Å². The first-order valence-electron chi connectivity index (χ1n) is 32.6. The van der Waals surface area contributed by atoms with Crippen LogP contribution in [0.25, 0.3) is 0 Å². The molecule has 2 aromatic carbocycles. The third kappa shape index (κ3) is 32.0. The lowest BCUT2D eigenvalue weighted by molar-refractivity contribution is -0.158. The number of ether oxygens (including phenoxy) is 4. The van der Waals surface area contributed by atoms with E-state index < -0.39 is 132 Å². The topological polar surface area (TPSA) is 338 Å². The second kappa shape index (κ2) is 41.2. The maximum Gasteiger partial charge on any atom is 0.328 e. The van der Waals surface area contributed by atoms with Gasteiger partial charge in [-0.15, -0.1) is 0 Å². The molecule has 0 aliphatic rings. The number of rotatable bonds is 43. The molecule has 0 fully saturated rings. The van der Waals surface area contributed by atoms with E-state index in [2.05, 4.69) is 44.1 Å². The largest absolute Gasteiger partial charge is 0.497 e. The number of benzene rings is 2. The van der Waals surface area contributed by atoms with Crippen molar-refractivity contribution in [3.05, 3.63) is 59.7 Å². The molecule has 0 aliphatic carbocycles. The van der Waals surface area contributed by atoms with Gasteiger partial charge in [0.15, 0.2) is 0 Å². The van der Waals surface area contributed by atoms with Crippen LogP contribution in [0, 0.1) is 23.7 Å². The van der Waals surface area contributed by atoms with Crippen molar-refractivity contribution in [2.24, 2.45) is 29.4 Å². The van der Waals surface area contributed by atoms with Gasteiger partial charge >= 0.3 is 17.9 Å². The summed E-state index contributed by atoms with van der Waals surface area (Å²) in [5.74, 6) is -7.93. The number of hydrogen-bond acceptors (Lipinski definition) is 15. The summed E-state index contributed by atoms with van der Waals surface area (Å²) in [7, 11) is 3.11. The van der Waals surface area contributed by atoms with Crippen molar-refractivity contribution in [3.63, 3.8) is 0 Å². The molecule has 8 atom stereocenters. The monoisotopic (exact) mass is 1280 g/mol. The first-order valence-corrected chi connectivity index (χ1v) is 32.6. The number of unbranched alkanes of at least 4 members (excludes halogenated alkanes) is 8. The third-order valence-corrected chi connectivity index (χ3v) is 14.9. The molecule has 23 heteroatoms. The SMILES string of the molecule is CCCCCCCCCCCC(CC(=O)O)OC(=O)[C@H](C)NC(=O)[C@@H](CC(C)C)NC(=O)[C@H](CC(=O)OC(C)(C)C)NC(=O)[C@@H](NC(=O)[C@@H](CC(C)C)NC(=O)[C@H](CC(C)C)NC(=O)[C@@H](N)CCC(=O)NC(c1ccc(OC)cc1)c1ccc(OC)cc1)C(C)C. The van der Waals surface area contributed by atoms with Crippen LogP contribution in [0.4, 0.5) is 0 Å². The number of carboxylic acid groups (broad SMARTS) is 1. The van der Waals surface area contributed by atoms with Gasteiger partial charge in [-0.05, 0) is 125 Å². The van der Waals surface area contributed by atoms with E-state index in [0.29, 0.717) is 24.3 Å². The van der Waals surface area contributed by atoms with Gasteiger partial charge in [0.25, 0.3) is 0 Å². The van der Waals surface area contributed by atoms with Crippen LogP contribution in [0.1, 0.15) is 216 Å². The van der Waals surface area contributed by atoms with Gasteiger partial charge in [0.1, 0.15) is 59.5 Å². The minimum absolute atomic E-state index is 0.0488. The van der Waals surface area contributed by atoms with E-state index in [9.17, 15) is 53.1 Å². The Hall–Kier alpha value is -7.30. The lowest BCUT2D eigenvalue weighted by Gasteiger charge is -2.30. The van der Waals surface area contributed by atoms with E-state index in [0.717, 1.165) is 36.8 Å². The predicted molar refractivity (Wildman–Crippen MR) is 348 cm³/mol. The van der Waals surface area contributed by atoms with Crippen LogP contribution in [0.3, 0.4) is 0 Å². The van der Waals surface area contributed by atoms with Gasteiger partial charge in [-0.25, -0.2) is 4.79 Å². The molecule has 0 spiro atoms. The zero-order valence-corrected chi connectivity index (χ0v) is 56.9. The number of hydrogen-bond donors (Lipinski definition) is 9. The van der Waals surface area contributed by atoms with E-state index >= 15 is 0 Å². The number of carbonyl (C=O) groups is 10. The van der Waals surface area contributed by atoms with Crippen LogP contribution in [0.15, 0.2) is 48.5 Å². The molecule has 10 N–H and O–H groups in total. The van der Waals surface area contributed by atoms with Gasteiger partial charge in [0.05, 0.1) is 39.1 Å². The Bertz CT molecular complexity index is 2560. The van der Waals surface area contributed by atoms with Gasteiger partial charge in [0, 0.05) is 6.42 Å². The van der Waals surface area contributed by atoms with Crippen LogP contribution in [-0.4, -0.2) is 133 Å². The summed E-state index contributed by atoms with van der Waals surface area (Å²) in [6.45, 7) is 22.6. The number of nitrogens with one attached hydrogen (secondary N) is 7. The number of methoxy groups -OCH3 is 2. The maximum absolute atomic E-state index is 14.4. The molecule has 0 heterocycles. The normalized spacial score (nSPS) is 14.2. The quantitative estimate of drug-likeness (QED) is 0.0226. The average Bonchev–Trinajstić information content (AvgIpc) is 1.81. The third-order valence-electron chi connectivity index (χ3n) is 14.9. The van der Waals surface area contributed by atoms with E-state index in [1.54, 1.807) is 87.0 Å². The average molecular weight is 1280 g/mol. The lowest BCUT2D eigenvalue weighted by atomic mass is 9.97. The van der Waals surface area contributed by atoms with Gasteiger partial charge in [-0.1, -0.05) is 138 Å². The Kier molecular flexibility index (Phi) is 36.2. The van der Waals surface area contributed by atoms with Crippen molar-refractivity contribution in [2.75, 3.05) is 14.2 Å². The molecule has 0 aliphatic heterocycles. The second-order valence-electron chi connectivity index (χ2n) is 26.4.